The second-order valence-electron chi connectivity index (χ2n) is 2.37. The molecule has 0 atom stereocenters. The van der Waals surface area contributed by atoms with Crippen molar-refractivity contribution in [3.63, 3.8) is 0 Å². The molecule has 9 heteroatoms. The van der Waals surface area contributed by atoms with Gasteiger partial charge in [-0.25, -0.2) is 21.6 Å². The third-order valence-electron chi connectivity index (χ3n) is 1.41. The van der Waals surface area contributed by atoms with E-state index in [2.05, 4.69) is 4.98 Å². The molecule has 0 unspecified atom stereocenters. The average molecular weight is 372 g/mol. The van der Waals surface area contributed by atoms with Gasteiger partial charge in [0.15, 0.2) is 5.82 Å². The van der Waals surface area contributed by atoms with Gasteiger partial charge in [0.2, 0.25) is 0 Å². The van der Waals surface area contributed by atoms with Crippen molar-refractivity contribution in [1.82, 2.24) is 4.98 Å². The summed E-state index contributed by atoms with van der Waals surface area (Å²) in [7, 11) is 0.497. The SMILES string of the molecule is O=S(=O)(Cl)c1c(F)cnc(C(F)F)c1I. The summed E-state index contributed by atoms with van der Waals surface area (Å²) in [6.45, 7) is 0. The predicted molar refractivity (Wildman–Crippen MR) is 54.9 cm³/mol. The Bertz CT molecular complexity index is 493. The van der Waals surface area contributed by atoms with Crippen molar-refractivity contribution in [2.75, 3.05) is 0 Å². The molecule has 1 rings (SSSR count). The molecular weight excluding hydrogens is 369 g/mol. The molecule has 0 radical (unpaired) electrons. The van der Waals surface area contributed by atoms with Crippen LogP contribution in [0.15, 0.2) is 11.1 Å². The first-order chi connectivity index (χ1) is 6.75. The van der Waals surface area contributed by atoms with Crippen LogP contribution in [0.1, 0.15) is 12.1 Å². The Hall–Kier alpha value is -0.0900. The van der Waals surface area contributed by atoms with Gasteiger partial charge in [-0.2, -0.15) is 0 Å². The fourth-order valence-electron chi connectivity index (χ4n) is 0.838. The van der Waals surface area contributed by atoms with Gasteiger partial charge in [-0.1, -0.05) is 0 Å². The number of alkyl halides is 2. The van der Waals surface area contributed by atoms with Gasteiger partial charge in [0.05, 0.1) is 9.77 Å². The van der Waals surface area contributed by atoms with E-state index in [1.165, 1.54) is 22.6 Å². The van der Waals surface area contributed by atoms with Crippen LogP contribution >= 0.6 is 33.3 Å². The quantitative estimate of drug-likeness (QED) is 0.593. The topological polar surface area (TPSA) is 47.0 Å². The van der Waals surface area contributed by atoms with Gasteiger partial charge in [0.1, 0.15) is 10.6 Å². The van der Waals surface area contributed by atoms with Gasteiger partial charge < -0.3 is 0 Å². The summed E-state index contributed by atoms with van der Waals surface area (Å²) < 4.78 is 58.9. The number of hydrogen-bond acceptors (Lipinski definition) is 3. The molecule has 0 aromatic carbocycles. The van der Waals surface area contributed by atoms with E-state index >= 15 is 0 Å². The first-order valence-corrected chi connectivity index (χ1v) is 6.70. The molecule has 84 valence electrons. The smallest absolute Gasteiger partial charge is 0.251 e. The molecule has 0 aliphatic rings. The van der Waals surface area contributed by atoms with Gasteiger partial charge in [-0.15, -0.1) is 0 Å². The average Bonchev–Trinajstić information content (AvgIpc) is 2.00. The number of rotatable bonds is 2. The summed E-state index contributed by atoms with van der Waals surface area (Å²) in [6, 6.07) is 0. The minimum absolute atomic E-state index is 0.402. The Morgan fingerprint density at radius 2 is 2.00 bits per heavy atom. The van der Waals surface area contributed by atoms with Gasteiger partial charge in [-0.05, 0) is 22.6 Å². The molecular formula is C6H2ClF3INO2S. The van der Waals surface area contributed by atoms with Gasteiger partial charge in [0.25, 0.3) is 15.5 Å². The van der Waals surface area contributed by atoms with Crippen LogP contribution < -0.4 is 0 Å². The number of aromatic nitrogens is 1. The molecule has 3 nitrogen and oxygen atoms in total. The summed E-state index contributed by atoms with van der Waals surface area (Å²) in [5.41, 5.74) is -0.809. The van der Waals surface area contributed by atoms with E-state index in [0.717, 1.165) is 0 Å². The first-order valence-electron chi connectivity index (χ1n) is 3.32. The molecule has 0 fully saturated rings. The van der Waals surface area contributed by atoms with Crippen LogP contribution in [0.3, 0.4) is 0 Å². The Balaban J connectivity index is 3.59. The van der Waals surface area contributed by atoms with Crippen molar-refractivity contribution < 1.29 is 21.6 Å². The lowest BCUT2D eigenvalue weighted by Crippen LogP contribution is -2.05. The van der Waals surface area contributed by atoms with Crippen LogP contribution in [0.5, 0.6) is 0 Å². The summed E-state index contributed by atoms with van der Waals surface area (Å²) in [5.74, 6) is -1.25. The zero-order valence-corrected chi connectivity index (χ0v) is 10.4. The Kier molecular flexibility index (Phi) is 3.82. The number of hydrogen-bond donors (Lipinski definition) is 0. The third-order valence-corrected chi connectivity index (χ3v) is 4.22. The standard InChI is InChI=1S/C6H2ClF3INO2S/c7-15(13,14)5-2(8)1-12-4(3(5)11)6(9)10/h1,6H. The van der Waals surface area contributed by atoms with Gasteiger partial charge in [-0.3, -0.25) is 4.98 Å². The second-order valence-corrected chi connectivity index (χ2v) is 5.95. The predicted octanol–water partition coefficient (Wildman–Crippen LogP) is 2.69. The molecule has 0 aliphatic heterocycles. The normalized spacial score (nSPS) is 12.1. The van der Waals surface area contributed by atoms with E-state index in [1.807, 2.05) is 0 Å². The third kappa shape index (κ3) is 2.72. The molecule has 1 aromatic rings. The highest BCUT2D eigenvalue weighted by atomic mass is 127. The van der Waals surface area contributed by atoms with Crippen LogP contribution in [0, 0.1) is 9.39 Å². The van der Waals surface area contributed by atoms with E-state index in [4.69, 9.17) is 10.7 Å². The highest BCUT2D eigenvalue weighted by molar-refractivity contribution is 14.1. The van der Waals surface area contributed by atoms with Crippen LogP contribution in [0.4, 0.5) is 13.2 Å². The maximum atomic E-state index is 13.0. The first kappa shape index (κ1) is 13.0. The summed E-state index contributed by atoms with van der Waals surface area (Å²) in [5, 5.41) is 0. The fraction of sp³-hybridized carbons (Fsp3) is 0.167. The van der Waals surface area contributed by atoms with E-state index in [9.17, 15) is 21.6 Å². The molecule has 1 heterocycles. The van der Waals surface area contributed by atoms with Crippen molar-refractivity contribution >= 4 is 42.3 Å². The highest BCUT2D eigenvalue weighted by Crippen LogP contribution is 2.30. The Morgan fingerprint density at radius 1 is 1.47 bits per heavy atom. The Labute approximate surface area is 101 Å². The van der Waals surface area contributed by atoms with E-state index in [0.29, 0.717) is 6.20 Å². The van der Waals surface area contributed by atoms with E-state index in [-0.39, 0.29) is 0 Å². The van der Waals surface area contributed by atoms with E-state index in [1.54, 1.807) is 0 Å². The van der Waals surface area contributed by atoms with Crippen molar-refractivity contribution in [3.05, 3.63) is 21.3 Å². The lowest BCUT2D eigenvalue weighted by atomic mass is 10.3. The molecule has 0 aliphatic carbocycles. The molecule has 0 N–H and O–H groups in total. The van der Waals surface area contributed by atoms with Crippen LogP contribution in [0.2, 0.25) is 0 Å². The minimum Gasteiger partial charge on any atom is -0.251 e. The van der Waals surface area contributed by atoms with Gasteiger partial charge >= 0.3 is 0 Å². The van der Waals surface area contributed by atoms with Crippen molar-refractivity contribution in [3.8, 4) is 0 Å². The molecule has 0 saturated heterocycles. The zero-order chi connectivity index (χ0) is 11.8. The fourth-order valence-corrected chi connectivity index (χ4v) is 3.79. The van der Waals surface area contributed by atoms with Crippen molar-refractivity contribution in [1.29, 1.82) is 0 Å². The van der Waals surface area contributed by atoms with Crippen LogP contribution in [-0.2, 0) is 9.05 Å². The summed E-state index contributed by atoms with van der Waals surface area (Å²) >= 11 is 1.26. The molecule has 1 aromatic heterocycles. The monoisotopic (exact) mass is 371 g/mol. The van der Waals surface area contributed by atoms with Crippen molar-refractivity contribution in [2.24, 2.45) is 0 Å². The van der Waals surface area contributed by atoms with E-state index < -0.39 is 35.5 Å². The number of pyridine rings is 1. The van der Waals surface area contributed by atoms with Gasteiger partial charge in [0, 0.05) is 10.7 Å². The number of nitrogens with zero attached hydrogens (tertiary/aromatic N) is 1. The summed E-state index contributed by atoms with van der Waals surface area (Å²) in [4.78, 5) is 2.13. The molecule has 0 amide bonds. The minimum atomic E-state index is -4.40. The number of halogens is 5. The lowest BCUT2D eigenvalue weighted by Gasteiger charge is -2.06. The van der Waals surface area contributed by atoms with Crippen LogP contribution in [0.25, 0.3) is 0 Å². The maximum absolute atomic E-state index is 13.0. The maximum Gasteiger partial charge on any atom is 0.281 e. The zero-order valence-electron chi connectivity index (χ0n) is 6.72. The molecule has 0 spiro atoms. The lowest BCUT2D eigenvalue weighted by molar-refractivity contribution is 0.144. The molecule has 0 saturated carbocycles. The van der Waals surface area contributed by atoms with Crippen LogP contribution in [-0.4, -0.2) is 13.4 Å². The molecule has 15 heavy (non-hydrogen) atoms. The Morgan fingerprint density at radius 3 is 2.40 bits per heavy atom. The second kappa shape index (κ2) is 4.42. The van der Waals surface area contributed by atoms with Crippen molar-refractivity contribution in [2.45, 2.75) is 11.3 Å². The molecule has 0 bridgehead atoms. The summed E-state index contributed by atoms with van der Waals surface area (Å²) in [6.07, 6.45) is -2.59. The largest absolute Gasteiger partial charge is 0.281 e. The highest BCUT2D eigenvalue weighted by Gasteiger charge is 2.26.